The van der Waals surface area contributed by atoms with Crippen molar-refractivity contribution in [2.75, 3.05) is 33.8 Å². The molecule has 2 aliphatic heterocycles. The summed E-state index contributed by atoms with van der Waals surface area (Å²) in [4.78, 5) is 41.2. The van der Waals surface area contributed by atoms with Crippen LogP contribution in [0, 0.1) is 5.92 Å². The van der Waals surface area contributed by atoms with Gasteiger partial charge in [-0.2, -0.15) is 0 Å². The Balaban J connectivity index is 1.12. The molecule has 2 aromatic carbocycles. The van der Waals surface area contributed by atoms with E-state index in [-0.39, 0.29) is 17.1 Å². The number of methoxy groups -OCH3 is 1. The van der Waals surface area contributed by atoms with Crippen LogP contribution in [0.25, 0.3) is 0 Å². The molecule has 0 aromatic heterocycles. The summed E-state index contributed by atoms with van der Waals surface area (Å²) in [7, 11) is 3.28. The highest BCUT2D eigenvalue weighted by atomic mass is 16.6. The third-order valence-electron chi connectivity index (χ3n) is 9.41. The highest BCUT2D eigenvalue weighted by Crippen LogP contribution is 2.63. The first kappa shape index (κ1) is 27.5. The summed E-state index contributed by atoms with van der Waals surface area (Å²) in [6.45, 7) is 3.87. The second kappa shape index (κ2) is 10.6. The number of rotatable bonds is 8. The Kier molecular flexibility index (Phi) is 7.15. The maximum atomic E-state index is 13.1. The first-order chi connectivity index (χ1) is 19.7. The number of likely N-dealkylation sites (tertiary alicyclic amines) is 1. The summed E-state index contributed by atoms with van der Waals surface area (Å²) in [6.07, 6.45) is 2.34. The number of piperidine rings is 1. The molecule has 1 unspecified atom stereocenters. The van der Waals surface area contributed by atoms with Gasteiger partial charge in [-0.05, 0) is 68.0 Å². The van der Waals surface area contributed by atoms with E-state index >= 15 is 0 Å². The maximum Gasteiger partial charge on any atom is 0.415 e. The van der Waals surface area contributed by atoms with Gasteiger partial charge in [0.05, 0.1) is 13.2 Å². The second-order valence-corrected chi connectivity index (χ2v) is 11.8. The van der Waals surface area contributed by atoms with Gasteiger partial charge in [-0.15, -0.1) is 0 Å². The van der Waals surface area contributed by atoms with Gasteiger partial charge in [0.1, 0.15) is 5.75 Å². The van der Waals surface area contributed by atoms with Gasteiger partial charge in [0.15, 0.2) is 23.4 Å². The number of hydrogen-bond acceptors (Lipinski definition) is 8. The standard InChI is InChI=1S/C31H38N4O6/c1-18(32)29(37)33-13-15-34(2)30(38)40-21-7-4-19(5-8-21)17-35-14-12-31-22-9-10-24(36)28(31)41-27-25(39-3)11-6-20(26(27)31)16-23(22)35/h4-8,11,18,22-23,28H,9-10,12-17,32H2,1-3H3,(H,33,37)/t18-,22-,23?,28-,31-/m0/s1. The molecule has 4 aliphatic rings. The van der Waals surface area contributed by atoms with Crippen molar-refractivity contribution < 1.29 is 28.6 Å². The van der Waals surface area contributed by atoms with Crippen LogP contribution in [0.5, 0.6) is 17.2 Å². The Labute approximate surface area is 240 Å². The van der Waals surface area contributed by atoms with Gasteiger partial charge in [0, 0.05) is 50.1 Å². The fraction of sp³-hybridized carbons (Fsp3) is 0.516. The molecule has 1 saturated heterocycles. The molecular weight excluding hydrogens is 524 g/mol. The topological polar surface area (TPSA) is 123 Å². The molecular formula is C31H38N4O6. The van der Waals surface area contributed by atoms with Crippen LogP contribution < -0.4 is 25.3 Å². The molecule has 10 nitrogen and oxygen atoms in total. The van der Waals surface area contributed by atoms with Crippen molar-refractivity contribution in [3.8, 4) is 17.2 Å². The molecule has 2 heterocycles. The quantitative estimate of drug-likeness (QED) is 0.503. The fourth-order valence-corrected chi connectivity index (χ4v) is 7.43. The van der Waals surface area contributed by atoms with Crippen molar-refractivity contribution in [3.63, 3.8) is 0 Å². The van der Waals surface area contributed by atoms with Crippen LogP contribution in [-0.4, -0.2) is 79.6 Å². The first-order valence-electron chi connectivity index (χ1n) is 14.4. The van der Waals surface area contributed by atoms with E-state index in [0.717, 1.165) is 49.4 Å². The fourth-order valence-electron chi connectivity index (χ4n) is 7.43. The Hall–Kier alpha value is -3.63. The number of Topliss-reactive ketones (excluding diaryl/α,β-unsaturated/α-hetero) is 1. The number of nitrogens with two attached hydrogens (primary N) is 1. The number of likely N-dealkylation sites (N-methyl/N-ethyl adjacent to an activating group) is 1. The van der Waals surface area contributed by atoms with Crippen LogP contribution in [0.1, 0.15) is 42.9 Å². The molecule has 2 aliphatic carbocycles. The molecule has 2 amide bonds. The molecule has 5 atom stereocenters. The molecule has 2 bridgehead atoms. The average molecular weight is 563 g/mol. The number of carbonyl (C=O) groups is 3. The minimum absolute atomic E-state index is 0.213. The Bertz CT molecular complexity index is 1360. The van der Waals surface area contributed by atoms with E-state index < -0.39 is 18.2 Å². The van der Waals surface area contributed by atoms with E-state index in [4.69, 9.17) is 19.9 Å². The lowest BCUT2D eigenvalue weighted by Crippen LogP contribution is -2.65. The number of ether oxygens (including phenoxy) is 3. The largest absolute Gasteiger partial charge is 0.493 e. The van der Waals surface area contributed by atoms with E-state index in [2.05, 4.69) is 16.3 Å². The summed E-state index contributed by atoms with van der Waals surface area (Å²) in [5.74, 6) is 2.28. The van der Waals surface area contributed by atoms with E-state index in [1.54, 1.807) is 21.1 Å². The molecule has 2 fully saturated rings. The number of nitrogens with zero attached hydrogens (tertiary/aromatic N) is 2. The van der Waals surface area contributed by atoms with E-state index in [0.29, 0.717) is 37.2 Å². The van der Waals surface area contributed by atoms with Crippen LogP contribution in [0.3, 0.4) is 0 Å². The van der Waals surface area contributed by atoms with Gasteiger partial charge >= 0.3 is 6.09 Å². The highest BCUT2D eigenvalue weighted by molar-refractivity contribution is 5.89. The number of carbonyl (C=O) groups excluding carboxylic acids is 3. The van der Waals surface area contributed by atoms with Crippen LogP contribution in [0.15, 0.2) is 36.4 Å². The monoisotopic (exact) mass is 562 g/mol. The van der Waals surface area contributed by atoms with Gasteiger partial charge < -0.3 is 30.2 Å². The zero-order valence-corrected chi connectivity index (χ0v) is 23.9. The van der Waals surface area contributed by atoms with Gasteiger partial charge in [-0.3, -0.25) is 14.5 Å². The van der Waals surface area contributed by atoms with Crippen molar-refractivity contribution in [2.45, 2.75) is 62.8 Å². The number of hydrogen-bond donors (Lipinski definition) is 2. The summed E-state index contributed by atoms with van der Waals surface area (Å²) >= 11 is 0. The minimum Gasteiger partial charge on any atom is -0.493 e. The van der Waals surface area contributed by atoms with Crippen LogP contribution in [0.4, 0.5) is 4.79 Å². The van der Waals surface area contributed by atoms with Gasteiger partial charge in [0.25, 0.3) is 0 Å². The summed E-state index contributed by atoms with van der Waals surface area (Å²) < 4.78 is 17.6. The normalized spacial score (nSPS) is 26.4. The lowest BCUT2D eigenvalue weighted by molar-refractivity contribution is -0.139. The van der Waals surface area contributed by atoms with E-state index in [1.165, 1.54) is 16.0 Å². The second-order valence-electron chi connectivity index (χ2n) is 11.8. The van der Waals surface area contributed by atoms with Gasteiger partial charge in [-0.25, -0.2) is 4.79 Å². The molecule has 1 saturated carbocycles. The SMILES string of the molecule is COc1ccc2c3c1O[C@H]1C(=O)CC[C@H]4C(C2)N(Cc2ccc(OC(=O)N(C)CCNC(=O)[C@H](C)N)cc2)CC[C@]314. The zero-order chi connectivity index (χ0) is 28.9. The summed E-state index contributed by atoms with van der Waals surface area (Å²) in [5.41, 5.74) is 8.91. The lowest BCUT2D eigenvalue weighted by Gasteiger charge is -2.57. The third kappa shape index (κ3) is 4.63. The molecule has 41 heavy (non-hydrogen) atoms. The third-order valence-corrected chi connectivity index (χ3v) is 9.41. The van der Waals surface area contributed by atoms with Gasteiger partial charge in [0.2, 0.25) is 5.91 Å². The van der Waals surface area contributed by atoms with Crippen LogP contribution >= 0.6 is 0 Å². The number of nitrogens with one attached hydrogen (secondary N) is 1. The number of benzene rings is 2. The molecule has 10 heteroatoms. The van der Waals surface area contributed by atoms with Crippen LogP contribution in [-0.2, 0) is 28.0 Å². The molecule has 2 aromatic rings. The van der Waals surface area contributed by atoms with Crippen molar-refractivity contribution in [3.05, 3.63) is 53.1 Å². The Morgan fingerprint density at radius 2 is 2.02 bits per heavy atom. The molecule has 218 valence electrons. The number of amides is 2. The van der Waals surface area contributed by atoms with Crippen molar-refractivity contribution in [2.24, 2.45) is 11.7 Å². The molecule has 0 radical (unpaired) electrons. The lowest BCUT2D eigenvalue weighted by atomic mass is 9.51. The summed E-state index contributed by atoms with van der Waals surface area (Å²) in [5, 5.41) is 2.68. The molecule has 1 spiro atoms. The predicted molar refractivity (Wildman–Crippen MR) is 151 cm³/mol. The van der Waals surface area contributed by atoms with E-state index in [9.17, 15) is 14.4 Å². The first-order valence-corrected chi connectivity index (χ1v) is 14.4. The Morgan fingerprint density at radius 3 is 2.76 bits per heavy atom. The summed E-state index contributed by atoms with van der Waals surface area (Å²) in [6, 6.07) is 11.5. The van der Waals surface area contributed by atoms with Crippen molar-refractivity contribution in [1.29, 1.82) is 0 Å². The zero-order valence-electron chi connectivity index (χ0n) is 23.9. The van der Waals surface area contributed by atoms with Crippen LogP contribution in [0.2, 0.25) is 0 Å². The smallest absolute Gasteiger partial charge is 0.415 e. The Morgan fingerprint density at radius 1 is 1.24 bits per heavy atom. The minimum atomic E-state index is -0.594. The maximum absolute atomic E-state index is 13.1. The number of ketones is 1. The predicted octanol–water partition coefficient (Wildman–Crippen LogP) is 2.40. The average Bonchev–Trinajstić information content (AvgIpc) is 3.31. The van der Waals surface area contributed by atoms with Crippen molar-refractivity contribution >= 4 is 17.8 Å². The van der Waals surface area contributed by atoms with Gasteiger partial charge in [-0.1, -0.05) is 18.2 Å². The highest BCUT2D eigenvalue weighted by Gasteiger charge is 2.65. The van der Waals surface area contributed by atoms with E-state index in [1.807, 2.05) is 30.3 Å². The van der Waals surface area contributed by atoms with Crippen molar-refractivity contribution in [1.82, 2.24) is 15.1 Å². The molecule has 6 rings (SSSR count). The molecule has 3 N–H and O–H groups in total.